The van der Waals surface area contributed by atoms with Crippen LogP contribution in [0.15, 0.2) is 54.7 Å². The van der Waals surface area contributed by atoms with Crippen LogP contribution in [0.5, 0.6) is 0 Å². The summed E-state index contributed by atoms with van der Waals surface area (Å²) in [7, 11) is 0. The van der Waals surface area contributed by atoms with E-state index in [0.29, 0.717) is 0 Å². The van der Waals surface area contributed by atoms with Crippen molar-refractivity contribution in [3.8, 4) is 0 Å². The smallest absolute Gasteiger partial charge is 0.0487 e. The van der Waals surface area contributed by atoms with Gasteiger partial charge < -0.3 is 9.67 Å². The minimum Gasteiger partial charge on any atom is -0.396 e. The minimum absolute atomic E-state index is 0.214. The van der Waals surface area contributed by atoms with Crippen molar-refractivity contribution in [1.29, 1.82) is 0 Å². The maximum atomic E-state index is 9.06. The number of aromatic nitrogens is 1. The van der Waals surface area contributed by atoms with Crippen molar-refractivity contribution in [2.75, 3.05) is 6.61 Å². The summed E-state index contributed by atoms with van der Waals surface area (Å²) in [6, 6.07) is 16.4. The molecule has 3 heteroatoms. The number of aryl methyl sites for hydroxylation is 1. The lowest BCUT2D eigenvalue weighted by molar-refractivity contribution is 0.288. The van der Waals surface area contributed by atoms with Crippen molar-refractivity contribution in [2.24, 2.45) is 0 Å². The Hall–Kier alpha value is -1.77. The largest absolute Gasteiger partial charge is 0.396 e. The van der Waals surface area contributed by atoms with Crippen molar-refractivity contribution in [1.82, 2.24) is 4.57 Å². The first-order valence-corrected chi connectivity index (χ1v) is 7.58. The highest BCUT2D eigenvalue weighted by atomic mass is 35.5. The second-order valence-corrected chi connectivity index (χ2v) is 5.69. The molecule has 0 fully saturated rings. The summed E-state index contributed by atoms with van der Waals surface area (Å²) in [5.74, 6) is 0. The average molecular weight is 300 g/mol. The molecular formula is C18H18ClNO. The van der Waals surface area contributed by atoms with Gasteiger partial charge in [-0.1, -0.05) is 41.9 Å². The molecule has 3 rings (SSSR count). The Morgan fingerprint density at radius 2 is 1.86 bits per heavy atom. The number of fused-ring (bicyclic) bond motifs is 1. The van der Waals surface area contributed by atoms with Gasteiger partial charge in [0, 0.05) is 35.3 Å². The van der Waals surface area contributed by atoms with Crippen molar-refractivity contribution >= 4 is 22.5 Å². The molecule has 2 aromatic carbocycles. The molecule has 21 heavy (non-hydrogen) atoms. The van der Waals surface area contributed by atoms with Crippen LogP contribution in [0, 0.1) is 0 Å². The van der Waals surface area contributed by atoms with E-state index in [1.165, 1.54) is 22.0 Å². The third kappa shape index (κ3) is 3.12. The number of aliphatic hydroxyl groups is 1. The van der Waals surface area contributed by atoms with Gasteiger partial charge in [-0.05, 0) is 42.2 Å². The predicted molar refractivity (Wildman–Crippen MR) is 87.9 cm³/mol. The van der Waals surface area contributed by atoms with E-state index >= 15 is 0 Å². The van der Waals surface area contributed by atoms with Crippen LogP contribution in [-0.2, 0) is 13.0 Å². The van der Waals surface area contributed by atoms with Gasteiger partial charge in [0.2, 0.25) is 0 Å². The van der Waals surface area contributed by atoms with Gasteiger partial charge in [-0.3, -0.25) is 0 Å². The van der Waals surface area contributed by atoms with Crippen LogP contribution >= 0.6 is 11.6 Å². The SMILES string of the molecule is OCCCc1cn(Cc2ccccc2)c2ccc(Cl)cc12. The molecule has 0 aliphatic heterocycles. The Morgan fingerprint density at radius 3 is 2.62 bits per heavy atom. The van der Waals surface area contributed by atoms with E-state index in [2.05, 4.69) is 41.1 Å². The van der Waals surface area contributed by atoms with E-state index in [1.807, 2.05) is 18.2 Å². The van der Waals surface area contributed by atoms with Gasteiger partial charge in [-0.25, -0.2) is 0 Å². The van der Waals surface area contributed by atoms with E-state index in [0.717, 1.165) is 24.4 Å². The fraction of sp³-hybridized carbons (Fsp3) is 0.222. The second kappa shape index (κ2) is 6.33. The van der Waals surface area contributed by atoms with Crippen LogP contribution in [0.2, 0.25) is 5.02 Å². The first-order valence-electron chi connectivity index (χ1n) is 7.20. The Morgan fingerprint density at radius 1 is 1.05 bits per heavy atom. The van der Waals surface area contributed by atoms with Crippen LogP contribution in [0.3, 0.4) is 0 Å². The summed E-state index contributed by atoms with van der Waals surface area (Å²) in [6.07, 6.45) is 3.83. The Labute approximate surface area is 129 Å². The lowest BCUT2D eigenvalue weighted by Gasteiger charge is -2.05. The number of hydrogen-bond acceptors (Lipinski definition) is 1. The highest BCUT2D eigenvalue weighted by molar-refractivity contribution is 6.31. The minimum atomic E-state index is 0.214. The van der Waals surface area contributed by atoms with Crippen LogP contribution in [0.4, 0.5) is 0 Å². The van der Waals surface area contributed by atoms with E-state index in [-0.39, 0.29) is 6.61 Å². The standard InChI is InChI=1S/C18H18ClNO/c19-16-8-9-18-17(11-16)15(7-4-10-21)13-20(18)12-14-5-2-1-3-6-14/h1-3,5-6,8-9,11,13,21H,4,7,10,12H2. The molecule has 1 aromatic heterocycles. The van der Waals surface area contributed by atoms with Crippen LogP contribution < -0.4 is 0 Å². The van der Waals surface area contributed by atoms with Gasteiger partial charge in [0.1, 0.15) is 0 Å². The number of halogens is 1. The van der Waals surface area contributed by atoms with Crippen molar-refractivity contribution in [3.05, 3.63) is 70.9 Å². The summed E-state index contributed by atoms with van der Waals surface area (Å²) in [5, 5.41) is 11.0. The Kier molecular flexibility index (Phi) is 4.28. The summed E-state index contributed by atoms with van der Waals surface area (Å²) < 4.78 is 2.26. The maximum Gasteiger partial charge on any atom is 0.0487 e. The Balaban J connectivity index is 2.02. The monoisotopic (exact) mass is 299 g/mol. The first kappa shape index (κ1) is 14.2. The highest BCUT2D eigenvalue weighted by Gasteiger charge is 2.09. The molecule has 108 valence electrons. The van der Waals surface area contributed by atoms with Crippen LogP contribution in [0.1, 0.15) is 17.5 Å². The van der Waals surface area contributed by atoms with E-state index in [4.69, 9.17) is 16.7 Å². The zero-order valence-corrected chi connectivity index (χ0v) is 12.6. The molecule has 0 bridgehead atoms. The van der Waals surface area contributed by atoms with Gasteiger partial charge in [0.15, 0.2) is 0 Å². The molecule has 3 aromatic rings. The summed E-state index contributed by atoms with van der Waals surface area (Å²) in [5.41, 5.74) is 3.71. The number of rotatable bonds is 5. The lowest BCUT2D eigenvalue weighted by Crippen LogP contribution is -1.97. The number of nitrogens with zero attached hydrogens (tertiary/aromatic N) is 1. The summed E-state index contributed by atoms with van der Waals surface area (Å²) in [4.78, 5) is 0. The molecule has 0 saturated carbocycles. The molecule has 0 aliphatic rings. The average Bonchev–Trinajstić information content (AvgIpc) is 2.83. The van der Waals surface area contributed by atoms with Gasteiger partial charge >= 0.3 is 0 Å². The molecule has 2 nitrogen and oxygen atoms in total. The summed E-state index contributed by atoms with van der Waals surface area (Å²) in [6.45, 7) is 1.06. The molecule has 1 heterocycles. The zero-order valence-electron chi connectivity index (χ0n) is 11.8. The lowest BCUT2D eigenvalue weighted by atomic mass is 10.1. The van der Waals surface area contributed by atoms with Crippen LogP contribution in [0.25, 0.3) is 10.9 Å². The van der Waals surface area contributed by atoms with Crippen LogP contribution in [-0.4, -0.2) is 16.3 Å². The van der Waals surface area contributed by atoms with E-state index < -0.39 is 0 Å². The Bertz CT molecular complexity index is 734. The summed E-state index contributed by atoms with van der Waals surface area (Å²) >= 11 is 6.14. The quantitative estimate of drug-likeness (QED) is 0.748. The van der Waals surface area contributed by atoms with Gasteiger partial charge in [-0.2, -0.15) is 0 Å². The molecule has 0 saturated heterocycles. The molecule has 0 aliphatic carbocycles. The molecule has 1 N–H and O–H groups in total. The van der Waals surface area contributed by atoms with Crippen molar-refractivity contribution < 1.29 is 5.11 Å². The molecule has 0 unspecified atom stereocenters. The topological polar surface area (TPSA) is 25.2 Å². The first-order chi connectivity index (χ1) is 10.3. The fourth-order valence-corrected chi connectivity index (χ4v) is 2.89. The molecule has 0 amide bonds. The third-order valence-electron chi connectivity index (χ3n) is 3.73. The number of aliphatic hydroxyl groups excluding tert-OH is 1. The van der Waals surface area contributed by atoms with Crippen molar-refractivity contribution in [3.63, 3.8) is 0 Å². The molecule has 0 atom stereocenters. The van der Waals surface area contributed by atoms with Crippen molar-refractivity contribution in [2.45, 2.75) is 19.4 Å². The third-order valence-corrected chi connectivity index (χ3v) is 3.96. The highest BCUT2D eigenvalue weighted by Crippen LogP contribution is 2.26. The van der Waals surface area contributed by atoms with E-state index in [1.54, 1.807) is 0 Å². The van der Waals surface area contributed by atoms with Gasteiger partial charge in [0.25, 0.3) is 0 Å². The number of benzene rings is 2. The maximum absolute atomic E-state index is 9.06. The molecule has 0 radical (unpaired) electrons. The predicted octanol–water partition coefficient (Wildman–Crippen LogP) is 4.27. The fourth-order valence-electron chi connectivity index (χ4n) is 2.72. The van der Waals surface area contributed by atoms with Gasteiger partial charge in [-0.15, -0.1) is 0 Å². The molecule has 0 spiro atoms. The molecular weight excluding hydrogens is 282 g/mol. The zero-order chi connectivity index (χ0) is 14.7. The van der Waals surface area contributed by atoms with E-state index in [9.17, 15) is 0 Å². The van der Waals surface area contributed by atoms with Gasteiger partial charge in [0.05, 0.1) is 0 Å². The normalized spacial score (nSPS) is 11.1. The second-order valence-electron chi connectivity index (χ2n) is 5.26. The number of hydrogen-bond donors (Lipinski definition) is 1.